The summed E-state index contributed by atoms with van der Waals surface area (Å²) in [5.74, 6) is -0.533. The van der Waals surface area contributed by atoms with Crippen molar-refractivity contribution < 1.29 is 14.0 Å². The summed E-state index contributed by atoms with van der Waals surface area (Å²) in [6.45, 7) is 2.70. The van der Waals surface area contributed by atoms with E-state index in [4.69, 9.17) is 0 Å². The van der Waals surface area contributed by atoms with E-state index in [0.717, 1.165) is 5.69 Å². The van der Waals surface area contributed by atoms with Crippen LogP contribution in [0.5, 0.6) is 0 Å². The Morgan fingerprint density at radius 1 is 0.926 bits per heavy atom. The lowest BCUT2D eigenvalue weighted by Gasteiger charge is -2.37. The Labute approximate surface area is 158 Å². The standard InChI is InChI=1S/C21H22FN3O2/c22-18-8-4-5-9-19(18)23-10-12-24(13-11-23)21(27)16-14-20(26)25(15-16)17-6-2-1-3-7-17/h1-9,16H,10-15H2/t16-/m0/s1. The number of para-hydroxylation sites is 2. The Morgan fingerprint density at radius 3 is 2.30 bits per heavy atom. The number of anilines is 2. The van der Waals surface area contributed by atoms with Gasteiger partial charge in [0, 0.05) is 44.8 Å². The van der Waals surface area contributed by atoms with Crippen molar-refractivity contribution in [2.24, 2.45) is 5.92 Å². The van der Waals surface area contributed by atoms with Crippen molar-refractivity contribution in [3.63, 3.8) is 0 Å². The van der Waals surface area contributed by atoms with Crippen LogP contribution in [0.25, 0.3) is 0 Å². The zero-order chi connectivity index (χ0) is 18.8. The fraction of sp³-hybridized carbons (Fsp3) is 0.333. The Hall–Kier alpha value is -2.89. The van der Waals surface area contributed by atoms with Gasteiger partial charge in [-0.2, -0.15) is 0 Å². The van der Waals surface area contributed by atoms with Crippen LogP contribution in [0, 0.1) is 11.7 Å². The molecule has 5 nitrogen and oxygen atoms in total. The molecule has 0 N–H and O–H groups in total. The van der Waals surface area contributed by atoms with Gasteiger partial charge in [0.2, 0.25) is 11.8 Å². The van der Waals surface area contributed by atoms with Crippen LogP contribution in [0.1, 0.15) is 6.42 Å². The van der Waals surface area contributed by atoms with Gasteiger partial charge in [0.15, 0.2) is 0 Å². The molecule has 2 amide bonds. The Balaban J connectivity index is 1.37. The van der Waals surface area contributed by atoms with E-state index in [-0.39, 0.29) is 30.0 Å². The molecule has 4 rings (SSSR count). The number of hydrogen-bond acceptors (Lipinski definition) is 3. The molecule has 6 heteroatoms. The van der Waals surface area contributed by atoms with E-state index < -0.39 is 0 Å². The highest BCUT2D eigenvalue weighted by Crippen LogP contribution is 2.27. The predicted octanol–water partition coefficient (Wildman–Crippen LogP) is 2.53. The Morgan fingerprint density at radius 2 is 1.59 bits per heavy atom. The minimum Gasteiger partial charge on any atom is -0.366 e. The third kappa shape index (κ3) is 3.52. The highest BCUT2D eigenvalue weighted by Gasteiger charge is 2.38. The normalized spacial score (nSPS) is 20.3. The van der Waals surface area contributed by atoms with Gasteiger partial charge in [-0.3, -0.25) is 9.59 Å². The lowest BCUT2D eigenvalue weighted by Crippen LogP contribution is -2.51. The van der Waals surface area contributed by atoms with E-state index in [2.05, 4.69) is 0 Å². The number of hydrogen-bond donors (Lipinski definition) is 0. The van der Waals surface area contributed by atoms with Crippen molar-refractivity contribution in [3.05, 3.63) is 60.4 Å². The molecule has 2 fully saturated rings. The summed E-state index contributed by atoms with van der Waals surface area (Å²) in [7, 11) is 0. The predicted molar refractivity (Wildman–Crippen MR) is 102 cm³/mol. The van der Waals surface area contributed by atoms with Crippen molar-refractivity contribution >= 4 is 23.2 Å². The monoisotopic (exact) mass is 367 g/mol. The molecule has 2 aromatic rings. The molecule has 2 aromatic carbocycles. The number of amides is 2. The van der Waals surface area contributed by atoms with Gasteiger partial charge in [-0.05, 0) is 24.3 Å². The zero-order valence-electron chi connectivity index (χ0n) is 15.1. The Kier molecular flexibility index (Phi) is 4.79. The molecule has 140 valence electrons. The SMILES string of the molecule is O=C([C@H]1CC(=O)N(c2ccccc2)C1)N1CCN(c2ccccc2F)CC1. The average Bonchev–Trinajstić information content (AvgIpc) is 3.10. The van der Waals surface area contributed by atoms with Gasteiger partial charge >= 0.3 is 0 Å². The van der Waals surface area contributed by atoms with Crippen LogP contribution in [0.4, 0.5) is 15.8 Å². The molecule has 0 saturated carbocycles. The Bertz CT molecular complexity index is 834. The van der Waals surface area contributed by atoms with Gasteiger partial charge in [-0.15, -0.1) is 0 Å². The number of nitrogens with zero attached hydrogens (tertiary/aromatic N) is 3. The van der Waals surface area contributed by atoms with Gasteiger partial charge < -0.3 is 14.7 Å². The molecular formula is C21H22FN3O2. The summed E-state index contributed by atoms with van der Waals surface area (Å²) in [5, 5.41) is 0. The van der Waals surface area contributed by atoms with Gasteiger partial charge in [0.1, 0.15) is 5.82 Å². The second-order valence-electron chi connectivity index (χ2n) is 7.00. The molecule has 2 heterocycles. The van der Waals surface area contributed by atoms with Gasteiger partial charge in [-0.25, -0.2) is 4.39 Å². The first-order chi connectivity index (χ1) is 13.1. The molecule has 27 heavy (non-hydrogen) atoms. The van der Waals surface area contributed by atoms with E-state index in [1.54, 1.807) is 17.0 Å². The second kappa shape index (κ2) is 7.39. The zero-order valence-corrected chi connectivity index (χ0v) is 15.1. The molecule has 0 unspecified atom stereocenters. The van der Waals surface area contributed by atoms with E-state index in [1.807, 2.05) is 46.2 Å². The summed E-state index contributed by atoms with van der Waals surface area (Å²) in [6.07, 6.45) is 0.251. The van der Waals surface area contributed by atoms with Crippen molar-refractivity contribution in [2.75, 3.05) is 42.5 Å². The molecule has 0 aromatic heterocycles. The van der Waals surface area contributed by atoms with Gasteiger partial charge in [0.05, 0.1) is 11.6 Å². The molecule has 2 aliphatic rings. The highest BCUT2D eigenvalue weighted by atomic mass is 19.1. The number of carbonyl (C=O) groups is 2. The quantitative estimate of drug-likeness (QED) is 0.837. The number of rotatable bonds is 3. The number of piperazine rings is 1. The summed E-state index contributed by atoms with van der Waals surface area (Å²) < 4.78 is 14.0. The second-order valence-corrected chi connectivity index (χ2v) is 7.00. The summed E-state index contributed by atoms with van der Waals surface area (Å²) in [6, 6.07) is 16.2. The number of benzene rings is 2. The molecule has 2 aliphatic heterocycles. The van der Waals surface area contributed by atoms with E-state index in [1.165, 1.54) is 6.07 Å². The number of carbonyl (C=O) groups excluding carboxylic acids is 2. The average molecular weight is 367 g/mol. The van der Waals surface area contributed by atoms with Crippen LogP contribution < -0.4 is 9.80 Å². The molecular weight excluding hydrogens is 345 g/mol. The lowest BCUT2D eigenvalue weighted by molar-refractivity contribution is -0.136. The molecule has 0 spiro atoms. The maximum atomic E-state index is 14.0. The third-order valence-corrected chi connectivity index (χ3v) is 5.33. The summed E-state index contributed by atoms with van der Waals surface area (Å²) >= 11 is 0. The van der Waals surface area contributed by atoms with Crippen LogP contribution in [-0.4, -0.2) is 49.4 Å². The highest BCUT2D eigenvalue weighted by molar-refractivity contribution is 6.00. The number of halogens is 1. The lowest BCUT2D eigenvalue weighted by atomic mass is 10.1. The fourth-order valence-electron chi connectivity index (χ4n) is 3.86. The van der Waals surface area contributed by atoms with Gasteiger partial charge in [0.25, 0.3) is 0 Å². The third-order valence-electron chi connectivity index (χ3n) is 5.33. The van der Waals surface area contributed by atoms with E-state index in [0.29, 0.717) is 38.4 Å². The van der Waals surface area contributed by atoms with Crippen molar-refractivity contribution in [2.45, 2.75) is 6.42 Å². The largest absolute Gasteiger partial charge is 0.366 e. The first-order valence-electron chi connectivity index (χ1n) is 9.27. The van der Waals surface area contributed by atoms with Crippen molar-refractivity contribution in [1.82, 2.24) is 4.90 Å². The van der Waals surface area contributed by atoms with Crippen molar-refractivity contribution in [3.8, 4) is 0 Å². The van der Waals surface area contributed by atoms with E-state index in [9.17, 15) is 14.0 Å². The first kappa shape index (κ1) is 17.5. The maximum absolute atomic E-state index is 14.0. The molecule has 0 radical (unpaired) electrons. The van der Waals surface area contributed by atoms with E-state index >= 15 is 0 Å². The summed E-state index contributed by atoms with van der Waals surface area (Å²) in [5.41, 5.74) is 1.41. The van der Waals surface area contributed by atoms with Gasteiger partial charge in [-0.1, -0.05) is 30.3 Å². The smallest absolute Gasteiger partial charge is 0.228 e. The maximum Gasteiger partial charge on any atom is 0.228 e. The topological polar surface area (TPSA) is 43.9 Å². The van der Waals surface area contributed by atoms with Crippen LogP contribution in [-0.2, 0) is 9.59 Å². The minimum absolute atomic E-state index is 0.00968. The molecule has 0 bridgehead atoms. The fourth-order valence-corrected chi connectivity index (χ4v) is 3.86. The molecule has 2 saturated heterocycles. The van der Waals surface area contributed by atoms with Crippen LogP contribution in [0.3, 0.4) is 0 Å². The van der Waals surface area contributed by atoms with Crippen LogP contribution >= 0.6 is 0 Å². The summed E-state index contributed by atoms with van der Waals surface area (Å²) in [4.78, 5) is 30.7. The van der Waals surface area contributed by atoms with Crippen LogP contribution in [0.15, 0.2) is 54.6 Å². The molecule has 0 aliphatic carbocycles. The minimum atomic E-state index is -0.308. The first-order valence-corrected chi connectivity index (χ1v) is 9.27. The van der Waals surface area contributed by atoms with Crippen molar-refractivity contribution in [1.29, 1.82) is 0 Å². The van der Waals surface area contributed by atoms with Crippen LogP contribution in [0.2, 0.25) is 0 Å². The molecule has 1 atom stereocenters.